The number of rotatable bonds is 7. The largest absolute Gasteiger partial charge is 0.347 e. The zero-order valence-electron chi connectivity index (χ0n) is 19.1. The molecule has 5 aromatic rings. The zero-order valence-corrected chi connectivity index (χ0v) is 19.1. The molecule has 0 bridgehead atoms. The number of aryl methyl sites for hydroxylation is 1. The Morgan fingerprint density at radius 2 is 1.69 bits per heavy atom. The molecule has 3 aromatic heterocycles. The number of H-pyrrole nitrogens is 1. The smallest absolute Gasteiger partial charge is 0.270 e. The van der Waals surface area contributed by atoms with Crippen molar-refractivity contribution in [2.24, 2.45) is 0 Å². The summed E-state index contributed by atoms with van der Waals surface area (Å²) in [5.74, 6) is -0.501. The van der Waals surface area contributed by atoms with Crippen LogP contribution in [-0.4, -0.2) is 46.6 Å². The topological polar surface area (TPSA) is 143 Å². The van der Waals surface area contributed by atoms with Crippen LogP contribution in [0.15, 0.2) is 61.2 Å². The number of benzene rings is 2. The van der Waals surface area contributed by atoms with Crippen LogP contribution in [0.25, 0.3) is 17.2 Å². The molecule has 0 atom stereocenters. The minimum absolute atomic E-state index is 0.0101. The third-order valence-corrected chi connectivity index (χ3v) is 5.49. The van der Waals surface area contributed by atoms with Gasteiger partial charge in [-0.25, -0.2) is 14.4 Å². The monoisotopic (exact) mass is 485 g/mol. The second-order valence-electron chi connectivity index (χ2n) is 7.98. The predicted octanol–water partition coefficient (Wildman–Crippen LogP) is 2.22. The van der Waals surface area contributed by atoms with Gasteiger partial charge in [-0.3, -0.25) is 14.7 Å². The second kappa shape index (κ2) is 9.70. The lowest BCUT2D eigenvalue weighted by Gasteiger charge is -2.10. The van der Waals surface area contributed by atoms with E-state index in [1.54, 1.807) is 19.1 Å². The molecule has 12 heteroatoms. The van der Waals surface area contributed by atoms with Gasteiger partial charge in [0.15, 0.2) is 5.82 Å². The quantitative estimate of drug-likeness (QED) is 0.321. The molecule has 0 unspecified atom stereocenters. The number of nitrogens with zero attached hydrogens (tertiary/aromatic N) is 6. The highest BCUT2D eigenvalue weighted by molar-refractivity contribution is 5.98. The van der Waals surface area contributed by atoms with E-state index < -0.39 is 11.8 Å². The van der Waals surface area contributed by atoms with Crippen LogP contribution in [0.4, 0.5) is 4.39 Å². The van der Waals surface area contributed by atoms with Crippen molar-refractivity contribution in [1.29, 1.82) is 0 Å². The Hall–Kier alpha value is -5.00. The summed E-state index contributed by atoms with van der Waals surface area (Å²) < 4.78 is 14.8. The van der Waals surface area contributed by atoms with Crippen LogP contribution >= 0.6 is 0 Å². The molecule has 0 aliphatic carbocycles. The van der Waals surface area contributed by atoms with E-state index in [9.17, 15) is 14.0 Å². The van der Waals surface area contributed by atoms with Crippen molar-refractivity contribution in [1.82, 2.24) is 45.4 Å². The molecule has 180 valence electrons. The lowest BCUT2D eigenvalue weighted by Crippen LogP contribution is -2.28. The molecular formula is C24H20FN9O2. The van der Waals surface area contributed by atoms with Gasteiger partial charge in [-0.2, -0.15) is 19.7 Å². The number of fused-ring (bicyclic) bond motifs is 1. The Bertz CT molecular complexity index is 1550. The predicted molar refractivity (Wildman–Crippen MR) is 126 cm³/mol. The molecule has 5 rings (SSSR count). The van der Waals surface area contributed by atoms with Crippen LogP contribution in [-0.2, 0) is 13.1 Å². The minimum atomic E-state index is -0.500. The van der Waals surface area contributed by atoms with Gasteiger partial charge in [-0.1, -0.05) is 36.4 Å². The first kappa shape index (κ1) is 22.8. The van der Waals surface area contributed by atoms with E-state index in [1.165, 1.54) is 29.3 Å². The van der Waals surface area contributed by atoms with Gasteiger partial charge in [0.2, 0.25) is 0 Å². The summed E-state index contributed by atoms with van der Waals surface area (Å²) in [4.78, 5) is 38.1. The lowest BCUT2D eigenvalue weighted by atomic mass is 10.1. The first-order valence-electron chi connectivity index (χ1n) is 10.9. The maximum Gasteiger partial charge on any atom is 0.270 e. The molecule has 0 aliphatic rings. The standard InChI is InChI=1S/C24H20FN9O2/c1-14-8-16(4-7-18(14)25)11-26-22(35)19-9-20(34-24(32-19)29-13-31-34)23(36)27-10-15-2-5-17(6-3-15)21-28-12-30-33-21/h2-9,12-13H,10-11H2,1H3,(H,26,35)(H,27,36)(H,28,30,33). The third-order valence-electron chi connectivity index (χ3n) is 5.49. The van der Waals surface area contributed by atoms with E-state index in [-0.39, 0.29) is 36.1 Å². The number of carbonyl (C=O) groups is 2. The van der Waals surface area contributed by atoms with E-state index in [0.29, 0.717) is 11.4 Å². The Morgan fingerprint density at radius 1 is 0.944 bits per heavy atom. The number of hydrogen-bond acceptors (Lipinski definition) is 7. The number of carbonyl (C=O) groups excluding carboxylic acids is 2. The van der Waals surface area contributed by atoms with Gasteiger partial charge in [0.25, 0.3) is 17.6 Å². The van der Waals surface area contributed by atoms with E-state index in [4.69, 9.17) is 0 Å². The summed E-state index contributed by atoms with van der Waals surface area (Å²) in [7, 11) is 0. The van der Waals surface area contributed by atoms with Crippen molar-refractivity contribution >= 4 is 17.6 Å². The zero-order chi connectivity index (χ0) is 25.1. The van der Waals surface area contributed by atoms with Gasteiger partial charge in [0.1, 0.15) is 29.9 Å². The molecule has 0 aliphatic heterocycles. The van der Waals surface area contributed by atoms with Gasteiger partial charge >= 0.3 is 0 Å². The molecule has 3 N–H and O–H groups in total. The van der Waals surface area contributed by atoms with E-state index in [0.717, 1.165) is 16.7 Å². The molecule has 2 aromatic carbocycles. The van der Waals surface area contributed by atoms with E-state index in [1.807, 2.05) is 24.3 Å². The van der Waals surface area contributed by atoms with Crippen molar-refractivity contribution in [3.05, 3.63) is 95.1 Å². The van der Waals surface area contributed by atoms with Crippen LogP contribution < -0.4 is 10.6 Å². The highest BCUT2D eigenvalue weighted by Crippen LogP contribution is 2.15. The van der Waals surface area contributed by atoms with Crippen molar-refractivity contribution in [3.63, 3.8) is 0 Å². The van der Waals surface area contributed by atoms with Crippen molar-refractivity contribution in [3.8, 4) is 11.4 Å². The fourth-order valence-corrected chi connectivity index (χ4v) is 3.58. The highest BCUT2D eigenvalue weighted by Gasteiger charge is 2.18. The van der Waals surface area contributed by atoms with Gasteiger partial charge in [-0.05, 0) is 29.7 Å². The molecule has 0 saturated carbocycles. The van der Waals surface area contributed by atoms with Gasteiger partial charge in [0, 0.05) is 24.7 Å². The summed E-state index contributed by atoms with van der Waals surface area (Å²) in [5.41, 5.74) is 3.07. The average Bonchev–Trinajstić information content (AvgIpc) is 3.60. The number of amides is 2. The molecule has 11 nitrogen and oxygen atoms in total. The number of hydrogen-bond donors (Lipinski definition) is 3. The molecule has 36 heavy (non-hydrogen) atoms. The van der Waals surface area contributed by atoms with Crippen LogP contribution in [0.3, 0.4) is 0 Å². The molecular weight excluding hydrogens is 465 g/mol. The Kier molecular flexibility index (Phi) is 6.14. The summed E-state index contributed by atoms with van der Waals surface area (Å²) in [6.07, 6.45) is 2.69. The first-order valence-corrected chi connectivity index (χ1v) is 10.9. The maximum atomic E-state index is 13.5. The van der Waals surface area contributed by atoms with Crippen LogP contribution in [0.2, 0.25) is 0 Å². The van der Waals surface area contributed by atoms with E-state index in [2.05, 4.69) is 40.9 Å². The Labute approximate surface area is 203 Å². The molecule has 0 fully saturated rings. The third kappa shape index (κ3) is 4.78. The van der Waals surface area contributed by atoms with Gasteiger partial charge < -0.3 is 10.6 Å². The fraction of sp³-hybridized carbons (Fsp3) is 0.125. The Balaban J connectivity index is 1.29. The van der Waals surface area contributed by atoms with Gasteiger partial charge in [0.05, 0.1) is 0 Å². The molecule has 0 spiro atoms. The number of halogens is 1. The Morgan fingerprint density at radius 3 is 2.44 bits per heavy atom. The summed E-state index contributed by atoms with van der Waals surface area (Å²) in [6.45, 7) is 2.07. The second-order valence-corrected chi connectivity index (χ2v) is 7.98. The molecule has 0 radical (unpaired) electrons. The van der Waals surface area contributed by atoms with Crippen LogP contribution in [0, 0.1) is 12.7 Å². The lowest BCUT2D eigenvalue weighted by molar-refractivity contribution is 0.0942. The SMILES string of the molecule is Cc1cc(CNC(=O)c2cc(C(=O)NCc3ccc(-c4ncn[nH]4)cc3)n3ncnc3n2)ccc1F. The number of aromatic nitrogens is 7. The molecule has 3 heterocycles. The summed E-state index contributed by atoms with van der Waals surface area (Å²) >= 11 is 0. The molecule has 2 amide bonds. The van der Waals surface area contributed by atoms with Crippen molar-refractivity contribution in [2.75, 3.05) is 0 Å². The normalized spacial score (nSPS) is 10.9. The van der Waals surface area contributed by atoms with Crippen LogP contribution in [0.5, 0.6) is 0 Å². The average molecular weight is 485 g/mol. The van der Waals surface area contributed by atoms with Gasteiger partial charge in [-0.15, -0.1) is 0 Å². The minimum Gasteiger partial charge on any atom is -0.347 e. The summed E-state index contributed by atoms with van der Waals surface area (Å²) in [6, 6.07) is 13.4. The summed E-state index contributed by atoms with van der Waals surface area (Å²) in [5, 5.41) is 16.2. The van der Waals surface area contributed by atoms with Crippen molar-refractivity contribution in [2.45, 2.75) is 20.0 Å². The van der Waals surface area contributed by atoms with Crippen molar-refractivity contribution < 1.29 is 14.0 Å². The van der Waals surface area contributed by atoms with Crippen LogP contribution in [0.1, 0.15) is 37.7 Å². The highest BCUT2D eigenvalue weighted by atomic mass is 19.1. The fourth-order valence-electron chi connectivity index (χ4n) is 3.58. The van der Waals surface area contributed by atoms with E-state index >= 15 is 0 Å². The number of aromatic amines is 1. The number of nitrogens with one attached hydrogen (secondary N) is 3. The molecule has 0 saturated heterocycles. The first-order chi connectivity index (χ1) is 17.5. The maximum absolute atomic E-state index is 13.5.